The second-order valence-electron chi connectivity index (χ2n) is 5.82. The fourth-order valence-electron chi connectivity index (χ4n) is 2.57. The van der Waals surface area contributed by atoms with Gasteiger partial charge in [0.2, 0.25) is 0 Å². The van der Waals surface area contributed by atoms with Gasteiger partial charge in [-0.05, 0) is 55.1 Å². The standard InChI is InChI=1S/C18H24N2/c1-13(2)10-15-6-5-7-16(12-15)18(19-4)17-11-14(3)8-9-20-17/h5-9,11-13,18-19H,10H2,1-4H3. The fourth-order valence-corrected chi connectivity index (χ4v) is 2.57. The van der Waals surface area contributed by atoms with Gasteiger partial charge >= 0.3 is 0 Å². The Bertz CT molecular complexity index is 561. The summed E-state index contributed by atoms with van der Waals surface area (Å²) >= 11 is 0. The lowest BCUT2D eigenvalue weighted by Crippen LogP contribution is -2.19. The molecule has 1 atom stereocenters. The van der Waals surface area contributed by atoms with Crippen LogP contribution in [0.3, 0.4) is 0 Å². The summed E-state index contributed by atoms with van der Waals surface area (Å²) < 4.78 is 0. The van der Waals surface area contributed by atoms with Gasteiger partial charge in [0.15, 0.2) is 0 Å². The summed E-state index contributed by atoms with van der Waals surface area (Å²) in [5.41, 5.74) is 5.00. The van der Waals surface area contributed by atoms with E-state index in [0.717, 1.165) is 12.1 Å². The number of pyridine rings is 1. The first kappa shape index (κ1) is 14.7. The molecule has 1 unspecified atom stereocenters. The first-order chi connectivity index (χ1) is 9.60. The number of nitrogens with zero attached hydrogens (tertiary/aromatic N) is 1. The van der Waals surface area contributed by atoms with Crippen molar-refractivity contribution in [3.05, 3.63) is 65.0 Å². The highest BCUT2D eigenvalue weighted by Crippen LogP contribution is 2.22. The van der Waals surface area contributed by atoms with Crippen LogP contribution in [0.1, 0.15) is 42.3 Å². The Kier molecular flexibility index (Phi) is 4.91. The summed E-state index contributed by atoms with van der Waals surface area (Å²) in [5.74, 6) is 0.676. The Hall–Kier alpha value is -1.67. The van der Waals surface area contributed by atoms with Crippen LogP contribution in [-0.4, -0.2) is 12.0 Å². The van der Waals surface area contributed by atoms with Gasteiger partial charge in [0, 0.05) is 6.20 Å². The summed E-state index contributed by atoms with van der Waals surface area (Å²) in [6.07, 6.45) is 3.00. The lowest BCUT2D eigenvalue weighted by atomic mass is 9.96. The van der Waals surface area contributed by atoms with E-state index >= 15 is 0 Å². The van der Waals surface area contributed by atoms with Crippen LogP contribution in [0.5, 0.6) is 0 Å². The van der Waals surface area contributed by atoms with Crippen molar-refractivity contribution in [1.82, 2.24) is 10.3 Å². The average molecular weight is 268 g/mol. The number of benzene rings is 1. The normalized spacial score (nSPS) is 12.7. The molecule has 0 saturated heterocycles. The summed E-state index contributed by atoms with van der Waals surface area (Å²) in [7, 11) is 1.99. The molecule has 2 heteroatoms. The minimum absolute atomic E-state index is 0.155. The number of aromatic nitrogens is 1. The highest BCUT2D eigenvalue weighted by atomic mass is 14.9. The van der Waals surface area contributed by atoms with Crippen molar-refractivity contribution < 1.29 is 0 Å². The molecule has 0 aliphatic heterocycles. The van der Waals surface area contributed by atoms with Crippen molar-refractivity contribution in [2.24, 2.45) is 5.92 Å². The van der Waals surface area contributed by atoms with Gasteiger partial charge in [0.05, 0.1) is 11.7 Å². The van der Waals surface area contributed by atoms with Gasteiger partial charge < -0.3 is 5.32 Å². The molecule has 2 rings (SSSR count). The molecule has 1 aromatic heterocycles. The van der Waals surface area contributed by atoms with E-state index in [0.29, 0.717) is 5.92 Å². The van der Waals surface area contributed by atoms with Crippen molar-refractivity contribution in [1.29, 1.82) is 0 Å². The second-order valence-corrected chi connectivity index (χ2v) is 5.82. The van der Waals surface area contributed by atoms with Gasteiger partial charge in [0.1, 0.15) is 0 Å². The van der Waals surface area contributed by atoms with Crippen LogP contribution in [-0.2, 0) is 6.42 Å². The van der Waals surface area contributed by atoms with Gasteiger partial charge in [-0.15, -0.1) is 0 Å². The highest BCUT2D eigenvalue weighted by molar-refractivity contribution is 5.32. The highest BCUT2D eigenvalue weighted by Gasteiger charge is 2.14. The van der Waals surface area contributed by atoms with Crippen molar-refractivity contribution in [3.8, 4) is 0 Å². The van der Waals surface area contributed by atoms with E-state index < -0.39 is 0 Å². The van der Waals surface area contributed by atoms with E-state index in [1.165, 1.54) is 16.7 Å². The molecule has 106 valence electrons. The SMILES string of the molecule is CNC(c1cccc(CC(C)C)c1)c1cc(C)ccn1. The van der Waals surface area contributed by atoms with Crippen LogP contribution < -0.4 is 5.32 Å². The molecular weight excluding hydrogens is 244 g/mol. The van der Waals surface area contributed by atoms with Crippen molar-refractivity contribution >= 4 is 0 Å². The maximum Gasteiger partial charge on any atom is 0.0749 e. The Morgan fingerprint density at radius 1 is 1.15 bits per heavy atom. The molecule has 1 N–H and O–H groups in total. The van der Waals surface area contributed by atoms with E-state index in [4.69, 9.17) is 0 Å². The van der Waals surface area contributed by atoms with E-state index in [2.05, 4.69) is 61.4 Å². The van der Waals surface area contributed by atoms with Gasteiger partial charge in [-0.1, -0.05) is 38.1 Å². The van der Waals surface area contributed by atoms with Crippen LogP contribution in [0.4, 0.5) is 0 Å². The first-order valence-corrected chi connectivity index (χ1v) is 7.29. The zero-order chi connectivity index (χ0) is 14.5. The lowest BCUT2D eigenvalue weighted by Gasteiger charge is -2.18. The predicted octanol–water partition coefficient (Wildman–Crippen LogP) is 3.90. The molecular formula is C18H24N2. The van der Waals surface area contributed by atoms with Gasteiger partial charge in [-0.25, -0.2) is 0 Å². The number of hydrogen-bond donors (Lipinski definition) is 1. The summed E-state index contributed by atoms with van der Waals surface area (Å²) in [6.45, 7) is 6.61. The van der Waals surface area contributed by atoms with E-state index in [-0.39, 0.29) is 6.04 Å². The molecule has 0 radical (unpaired) electrons. The zero-order valence-corrected chi connectivity index (χ0v) is 12.9. The monoisotopic (exact) mass is 268 g/mol. The van der Waals surface area contributed by atoms with Crippen molar-refractivity contribution in [2.75, 3.05) is 7.05 Å². The molecule has 1 heterocycles. The van der Waals surface area contributed by atoms with Crippen LogP contribution in [0.15, 0.2) is 42.6 Å². The van der Waals surface area contributed by atoms with E-state index in [9.17, 15) is 0 Å². The van der Waals surface area contributed by atoms with Crippen LogP contribution in [0, 0.1) is 12.8 Å². The molecule has 0 spiro atoms. The smallest absolute Gasteiger partial charge is 0.0749 e. The Balaban J connectivity index is 2.32. The topological polar surface area (TPSA) is 24.9 Å². The lowest BCUT2D eigenvalue weighted by molar-refractivity contribution is 0.640. The number of nitrogens with one attached hydrogen (secondary N) is 1. The third-order valence-corrected chi connectivity index (χ3v) is 3.45. The molecule has 2 nitrogen and oxygen atoms in total. The molecule has 0 aliphatic rings. The molecule has 2 aromatic rings. The van der Waals surface area contributed by atoms with Crippen molar-refractivity contribution in [3.63, 3.8) is 0 Å². The number of hydrogen-bond acceptors (Lipinski definition) is 2. The Morgan fingerprint density at radius 3 is 2.60 bits per heavy atom. The quantitative estimate of drug-likeness (QED) is 0.889. The summed E-state index contributed by atoms with van der Waals surface area (Å²) in [4.78, 5) is 4.52. The minimum Gasteiger partial charge on any atom is -0.308 e. The van der Waals surface area contributed by atoms with Gasteiger partial charge in [-0.2, -0.15) is 0 Å². The summed E-state index contributed by atoms with van der Waals surface area (Å²) in [6, 6.07) is 13.2. The average Bonchev–Trinajstić information content (AvgIpc) is 2.39. The fraction of sp³-hybridized carbons (Fsp3) is 0.389. The molecule has 0 fully saturated rings. The summed E-state index contributed by atoms with van der Waals surface area (Å²) in [5, 5.41) is 3.38. The van der Waals surface area contributed by atoms with Crippen molar-refractivity contribution in [2.45, 2.75) is 33.2 Å². The largest absolute Gasteiger partial charge is 0.308 e. The van der Waals surface area contributed by atoms with Gasteiger partial charge in [-0.3, -0.25) is 4.98 Å². The molecule has 0 saturated carbocycles. The van der Waals surface area contributed by atoms with E-state index in [1.807, 2.05) is 19.3 Å². The molecule has 20 heavy (non-hydrogen) atoms. The van der Waals surface area contributed by atoms with Gasteiger partial charge in [0.25, 0.3) is 0 Å². The molecule has 0 bridgehead atoms. The third-order valence-electron chi connectivity index (χ3n) is 3.45. The minimum atomic E-state index is 0.155. The maximum absolute atomic E-state index is 4.52. The third kappa shape index (κ3) is 3.67. The molecule has 0 amide bonds. The Morgan fingerprint density at radius 2 is 1.95 bits per heavy atom. The predicted molar refractivity (Wildman–Crippen MR) is 84.9 cm³/mol. The Labute approximate surface area is 122 Å². The molecule has 1 aromatic carbocycles. The van der Waals surface area contributed by atoms with Crippen LogP contribution >= 0.6 is 0 Å². The number of aryl methyl sites for hydroxylation is 1. The first-order valence-electron chi connectivity index (χ1n) is 7.29. The van der Waals surface area contributed by atoms with Crippen LogP contribution in [0.25, 0.3) is 0 Å². The maximum atomic E-state index is 4.52. The van der Waals surface area contributed by atoms with Crippen LogP contribution in [0.2, 0.25) is 0 Å². The molecule has 0 aliphatic carbocycles. The second kappa shape index (κ2) is 6.67. The number of rotatable bonds is 5. The van der Waals surface area contributed by atoms with E-state index in [1.54, 1.807) is 0 Å². The zero-order valence-electron chi connectivity index (χ0n) is 12.9.